The van der Waals surface area contributed by atoms with E-state index in [4.69, 9.17) is 4.74 Å². The van der Waals surface area contributed by atoms with Crippen LogP contribution in [0.3, 0.4) is 0 Å². The van der Waals surface area contributed by atoms with Crippen molar-refractivity contribution in [2.75, 3.05) is 0 Å². The predicted octanol–water partition coefficient (Wildman–Crippen LogP) is 5.70. The van der Waals surface area contributed by atoms with Crippen molar-refractivity contribution in [3.63, 3.8) is 0 Å². The molecule has 2 unspecified atom stereocenters. The summed E-state index contributed by atoms with van der Waals surface area (Å²) < 4.78 is 7.82. The third kappa shape index (κ3) is 4.91. The van der Waals surface area contributed by atoms with Gasteiger partial charge in [0.05, 0.1) is 0 Å². The lowest BCUT2D eigenvalue weighted by atomic mass is 9.77. The molecule has 3 aromatic rings. The van der Waals surface area contributed by atoms with Gasteiger partial charge in [0.15, 0.2) is 0 Å². The first-order valence-electron chi connectivity index (χ1n) is 10.3. The van der Waals surface area contributed by atoms with Gasteiger partial charge >= 0.3 is 0 Å². The Morgan fingerprint density at radius 3 is 2.21 bits per heavy atom. The summed E-state index contributed by atoms with van der Waals surface area (Å²) in [4.78, 5) is 13.5. The Morgan fingerprint density at radius 2 is 1.62 bits per heavy atom. The van der Waals surface area contributed by atoms with Crippen molar-refractivity contribution in [3.05, 3.63) is 67.3 Å². The zero-order valence-electron chi connectivity index (χ0n) is 17.4. The smallest absolute Gasteiger partial charge is 0.238 e. The summed E-state index contributed by atoms with van der Waals surface area (Å²) in [5.74, 6) is 0.700. The largest absolute Gasteiger partial charge is 0.463 e. The molecule has 0 N–H and O–H groups in total. The fourth-order valence-corrected chi connectivity index (χ4v) is 3.40. The SMILES string of the molecule is CCCCC(C)(CC)C(=O)C(Oc1ccc(-c2ccccc2)cc1)n1cnnc1. The van der Waals surface area contributed by atoms with Crippen LogP contribution in [0.5, 0.6) is 5.75 Å². The maximum absolute atomic E-state index is 13.5. The number of hydrogen-bond donors (Lipinski definition) is 0. The van der Waals surface area contributed by atoms with E-state index in [1.807, 2.05) is 49.4 Å². The predicted molar refractivity (Wildman–Crippen MR) is 114 cm³/mol. The molecule has 0 aliphatic carbocycles. The summed E-state index contributed by atoms with van der Waals surface area (Å²) in [6, 6.07) is 18.0. The lowest BCUT2D eigenvalue weighted by Crippen LogP contribution is -2.37. The summed E-state index contributed by atoms with van der Waals surface area (Å²) in [7, 11) is 0. The molecule has 29 heavy (non-hydrogen) atoms. The molecular formula is C24H29N3O2. The van der Waals surface area contributed by atoms with E-state index in [1.54, 1.807) is 4.57 Å². The minimum absolute atomic E-state index is 0.0559. The van der Waals surface area contributed by atoms with Crippen LogP contribution in [0.25, 0.3) is 11.1 Å². The van der Waals surface area contributed by atoms with Crippen molar-refractivity contribution in [1.82, 2.24) is 14.8 Å². The number of nitrogens with zero attached hydrogens (tertiary/aromatic N) is 3. The van der Waals surface area contributed by atoms with Crippen LogP contribution in [0.1, 0.15) is 52.7 Å². The molecule has 2 aromatic carbocycles. The molecule has 0 bridgehead atoms. The second-order valence-electron chi connectivity index (χ2n) is 7.65. The van der Waals surface area contributed by atoms with Gasteiger partial charge in [0.2, 0.25) is 12.0 Å². The zero-order chi connectivity index (χ0) is 20.7. The number of benzene rings is 2. The van der Waals surface area contributed by atoms with Gasteiger partial charge in [-0.3, -0.25) is 9.36 Å². The number of rotatable bonds is 10. The van der Waals surface area contributed by atoms with Crippen molar-refractivity contribution in [2.24, 2.45) is 5.41 Å². The molecule has 0 aliphatic rings. The first-order valence-corrected chi connectivity index (χ1v) is 10.3. The Labute approximate surface area is 172 Å². The number of carbonyl (C=O) groups is 1. The lowest BCUT2D eigenvalue weighted by Gasteiger charge is -2.31. The number of Topliss-reactive ketones (excluding diaryl/α,β-unsaturated/α-hetero) is 1. The number of ketones is 1. The van der Waals surface area contributed by atoms with E-state index in [0.29, 0.717) is 5.75 Å². The highest BCUT2D eigenvalue weighted by molar-refractivity contribution is 5.87. The van der Waals surface area contributed by atoms with E-state index in [2.05, 4.69) is 36.2 Å². The minimum Gasteiger partial charge on any atom is -0.463 e. The van der Waals surface area contributed by atoms with Gasteiger partial charge in [0.1, 0.15) is 18.4 Å². The van der Waals surface area contributed by atoms with Crippen LogP contribution < -0.4 is 4.74 Å². The van der Waals surface area contributed by atoms with Gasteiger partial charge in [-0.1, -0.05) is 76.1 Å². The molecule has 152 valence electrons. The van der Waals surface area contributed by atoms with Crippen LogP contribution in [0.2, 0.25) is 0 Å². The normalized spacial score (nSPS) is 14.2. The molecular weight excluding hydrogens is 362 g/mol. The number of unbranched alkanes of at least 4 members (excludes halogenated alkanes) is 1. The highest BCUT2D eigenvalue weighted by Gasteiger charge is 2.38. The van der Waals surface area contributed by atoms with E-state index < -0.39 is 11.6 Å². The van der Waals surface area contributed by atoms with Crippen LogP contribution in [0.15, 0.2) is 67.3 Å². The van der Waals surface area contributed by atoms with Crippen LogP contribution in [0.4, 0.5) is 0 Å². The average molecular weight is 392 g/mol. The van der Waals surface area contributed by atoms with Crippen LogP contribution in [-0.2, 0) is 4.79 Å². The Morgan fingerprint density at radius 1 is 1.00 bits per heavy atom. The van der Waals surface area contributed by atoms with E-state index in [9.17, 15) is 4.79 Å². The van der Waals surface area contributed by atoms with E-state index in [1.165, 1.54) is 12.7 Å². The third-order valence-electron chi connectivity index (χ3n) is 5.60. The molecule has 0 amide bonds. The van der Waals surface area contributed by atoms with Gasteiger partial charge in [0.25, 0.3) is 0 Å². The van der Waals surface area contributed by atoms with Gasteiger partial charge in [-0.25, -0.2) is 0 Å². The molecule has 1 heterocycles. The van der Waals surface area contributed by atoms with Crippen LogP contribution in [0, 0.1) is 5.41 Å². The zero-order valence-corrected chi connectivity index (χ0v) is 17.4. The fraction of sp³-hybridized carbons (Fsp3) is 0.375. The summed E-state index contributed by atoms with van der Waals surface area (Å²) in [6.07, 6.45) is 5.97. The Bertz CT molecular complexity index is 892. The molecule has 5 nitrogen and oxygen atoms in total. The maximum Gasteiger partial charge on any atom is 0.238 e. The molecule has 5 heteroatoms. The number of carbonyl (C=O) groups excluding carboxylic acids is 1. The molecule has 0 spiro atoms. The summed E-state index contributed by atoms with van der Waals surface area (Å²) >= 11 is 0. The topological polar surface area (TPSA) is 57.0 Å². The molecule has 0 saturated carbocycles. The molecule has 3 rings (SSSR count). The first kappa shape index (κ1) is 20.8. The second kappa shape index (κ2) is 9.50. The average Bonchev–Trinajstić information content (AvgIpc) is 3.31. The summed E-state index contributed by atoms with van der Waals surface area (Å²) in [5.41, 5.74) is 1.80. The minimum atomic E-state index is -0.783. The van der Waals surface area contributed by atoms with E-state index in [0.717, 1.165) is 36.8 Å². The van der Waals surface area contributed by atoms with Crippen molar-refractivity contribution in [1.29, 1.82) is 0 Å². The monoisotopic (exact) mass is 391 g/mol. The molecule has 2 atom stereocenters. The van der Waals surface area contributed by atoms with Gasteiger partial charge in [-0.05, 0) is 36.1 Å². The Kier molecular flexibility index (Phi) is 6.81. The highest BCUT2D eigenvalue weighted by Crippen LogP contribution is 2.35. The molecule has 0 fully saturated rings. The van der Waals surface area contributed by atoms with Crippen molar-refractivity contribution < 1.29 is 9.53 Å². The second-order valence-corrected chi connectivity index (χ2v) is 7.65. The fourth-order valence-electron chi connectivity index (χ4n) is 3.40. The first-order chi connectivity index (χ1) is 14.1. The quantitative estimate of drug-likeness (QED) is 0.445. The molecule has 0 radical (unpaired) electrons. The van der Waals surface area contributed by atoms with E-state index in [-0.39, 0.29) is 5.78 Å². The van der Waals surface area contributed by atoms with Gasteiger partial charge < -0.3 is 4.74 Å². The number of hydrogen-bond acceptors (Lipinski definition) is 4. The van der Waals surface area contributed by atoms with Crippen molar-refractivity contribution in [2.45, 2.75) is 52.7 Å². The van der Waals surface area contributed by atoms with Crippen molar-refractivity contribution in [3.8, 4) is 16.9 Å². The Hall–Kier alpha value is -2.95. The summed E-state index contributed by atoms with van der Waals surface area (Å²) in [5, 5.41) is 7.74. The van der Waals surface area contributed by atoms with Gasteiger partial charge in [-0.15, -0.1) is 10.2 Å². The standard InChI is InChI=1S/C24H29N3O2/c1-4-6-16-24(3,5-2)22(28)23(27-17-25-26-18-27)29-21-14-12-20(13-15-21)19-10-8-7-9-11-19/h7-15,17-18,23H,4-6,16H2,1-3H3. The van der Waals surface area contributed by atoms with Crippen LogP contribution >= 0.6 is 0 Å². The number of ether oxygens (including phenoxy) is 1. The lowest BCUT2D eigenvalue weighted by molar-refractivity contribution is -0.140. The van der Waals surface area contributed by atoms with Gasteiger partial charge in [-0.2, -0.15) is 0 Å². The van der Waals surface area contributed by atoms with E-state index >= 15 is 0 Å². The molecule has 0 saturated heterocycles. The van der Waals surface area contributed by atoms with Crippen LogP contribution in [-0.4, -0.2) is 20.5 Å². The third-order valence-corrected chi connectivity index (χ3v) is 5.60. The van der Waals surface area contributed by atoms with Gasteiger partial charge in [0, 0.05) is 5.41 Å². The molecule has 0 aliphatic heterocycles. The number of aromatic nitrogens is 3. The van der Waals surface area contributed by atoms with Crippen molar-refractivity contribution >= 4 is 5.78 Å². The Balaban J connectivity index is 1.84. The highest BCUT2D eigenvalue weighted by atomic mass is 16.5. The molecule has 1 aromatic heterocycles. The summed E-state index contributed by atoms with van der Waals surface area (Å²) in [6.45, 7) is 6.23. The maximum atomic E-state index is 13.5.